The lowest BCUT2D eigenvalue weighted by molar-refractivity contribution is -0.125. The van der Waals surface area contributed by atoms with Gasteiger partial charge >= 0.3 is 0 Å². The van der Waals surface area contributed by atoms with Crippen molar-refractivity contribution in [3.8, 4) is 12.3 Å². The topological polar surface area (TPSA) is 99.9 Å². The number of likely N-dealkylation sites (tertiary alicyclic amines) is 1. The highest BCUT2D eigenvalue weighted by Crippen LogP contribution is 2.36. The highest BCUT2D eigenvalue weighted by molar-refractivity contribution is 6.47. The summed E-state index contributed by atoms with van der Waals surface area (Å²) in [7, 11) is 0. The molecule has 0 aliphatic carbocycles. The Bertz CT molecular complexity index is 1200. The SMILES string of the molecule is C#Cc1cc(F)cc([C@H]2C[C@H](F)CN2C(=O)C2=NCc3ncnc(N[C@@H]4COCC[C@H]4O)c32)c1. The average molecular weight is 467 g/mol. The molecule has 8 nitrogen and oxygen atoms in total. The van der Waals surface area contributed by atoms with Crippen LogP contribution in [0.25, 0.3) is 0 Å². The van der Waals surface area contributed by atoms with Crippen LogP contribution in [-0.2, 0) is 16.1 Å². The molecule has 0 unspecified atom stereocenters. The van der Waals surface area contributed by atoms with E-state index in [9.17, 15) is 18.7 Å². The molecule has 5 rings (SSSR count). The Kier molecular flexibility index (Phi) is 5.98. The fourth-order valence-corrected chi connectivity index (χ4v) is 4.70. The van der Waals surface area contributed by atoms with Crippen LogP contribution >= 0.6 is 0 Å². The molecule has 2 fully saturated rings. The van der Waals surface area contributed by atoms with E-state index < -0.39 is 36.1 Å². The minimum Gasteiger partial charge on any atom is -0.391 e. The van der Waals surface area contributed by atoms with Crippen LogP contribution in [0.4, 0.5) is 14.6 Å². The molecule has 1 amide bonds. The Morgan fingerprint density at radius 2 is 2.18 bits per heavy atom. The van der Waals surface area contributed by atoms with E-state index in [0.29, 0.717) is 41.2 Å². The molecule has 1 aromatic carbocycles. The second-order valence-electron chi connectivity index (χ2n) is 8.61. The number of ether oxygens (including phenoxy) is 1. The summed E-state index contributed by atoms with van der Waals surface area (Å²) in [5.74, 6) is 1.71. The zero-order chi connectivity index (χ0) is 23.8. The van der Waals surface area contributed by atoms with E-state index >= 15 is 0 Å². The lowest BCUT2D eigenvalue weighted by Gasteiger charge is -2.29. The van der Waals surface area contributed by atoms with Crippen molar-refractivity contribution in [1.29, 1.82) is 0 Å². The minimum atomic E-state index is -1.27. The van der Waals surface area contributed by atoms with Gasteiger partial charge in [0.05, 0.1) is 49.1 Å². The van der Waals surface area contributed by atoms with Gasteiger partial charge in [-0.15, -0.1) is 6.42 Å². The van der Waals surface area contributed by atoms with Gasteiger partial charge in [0.2, 0.25) is 0 Å². The number of nitrogens with zero attached hydrogens (tertiary/aromatic N) is 4. The number of hydrogen-bond donors (Lipinski definition) is 2. The lowest BCUT2D eigenvalue weighted by Crippen LogP contribution is -2.43. The number of benzene rings is 1. The molecule has 176 valence electrons. The van der Waals surface area contributed by atoms with Crippen molar-refractivity contribution in [2.24, 2.45) is 4.99 Å². The van der Waals surface area contributed by atoms with Gasteiger partial charge in [-0.25, -0.2) is 18.7 Å². The van der Waals surface area contributed by atoms with Crippen molar-refractivity contribution in [3.63, 3.8) is 0 Å². The van der Waals surface area contributed by atoms with E-state index in [1.165, 1.54) is 23.4 Å². The summed E-state index contributed by atoms with van der Waals surface area (Å²) in [4.78, 5) is 27.9. The predicted molar refractivity (Wildman–Crippen MR) is 119 cm³/mol. The molecule has 4 atom stereocenters. The molecule has 34 heavy (non-hydrogen) atoms. The van der Waals surface area contributed by atoms with Crippen LogP contribution in [0.3, 0.4) is 0 Å². The first-order valence-electron chi connectivity index (χ1n) is 11.1. The Morgan fingerprint density at radius 3 is 2.97 bits per heavy atom. The number of alkyl halides is 1. The number of carbonyl (C=O) groups excluding carboxylic acids is 1. The first-order chi connectivity index (χ1) is 16.4. The molecule has 0 bridgehead atoms. The van der Waals surface area contributed by atoms with Gasteiger partial charge in [0.25, 0.3) is 5.91 Å². The minimum absolute atomic E-state index is 0.0291. The number of carbonyl (C=O) groups is 1. The molecule has 3 aliphatic rings. The Labute approximate surface area is 195 Å². The van der Waals surface area contributed by atoms with Crippen LogP contribution in [0.2, 0.25) is 0 Å². The molecular formula is C24H23F2N5O3. The molecule has 2 N–H and O–H groups in total. The molecule has 4 heterocycles. The fraction of sp³-hybridized carbons (Fsp3) is 0.417. The number of aliphatic hydroxyl groups excluding tert-OH is 1. The number of anilines is 1. The number of fused-ring (bicyclic) bond motifs is 1. The first kappa shape index (κ1) is 22.4. The molecule has 2 saturated heterocycles. The maximum Gasteiger partial charge on any atom is 0.273 e. The van der Waals surface area contributed by atoms with E-state index in [1.54, 1.807) is 6.07 Å². The van der Waals surface area contributed by atoms with Gasteiger partial charge in [0.15, 0.2) is 0 Å². The van der Waals surface area contributed by atoms with Crippen LogP contribution in [0, 0.1) is 18.2 Å². The molecule has 2 aromatic rings. The van der Waals surface area contributed by atoms with E-state index in [4.69, 9.17) is 11.2 Å². The molecule has 0 radical (unpaired) electrons. The summed E-state index contributed by atoms with van der Waals surface area (Å²) in [5, 5.41) is 13.5. The Morgan fingerprint density at radius 1 is 1.32 bits per heavy atom. The number of aliphatic hydroxyl groups is 1. The summed E-state index contributed by atoms with van der Waals surface area (Å²) < 4.78 is 34.1. The second-order valence-corrected chi connectivity index (χ2v) is 8.61. The fourth-order valence-electron chi connectivity index (χ4n) is 4.70. The number of nitrogens with one attached hydrogen (secondary N) is 1. The number of amides is 1. The van der Waals surface area contributed by atoms with Gasteiger partial charge in [-0.1, -0.05) is 5.92 Å². The van der Waals surface area contributed by atoms with Crippen LogP contribution in [-0.4, -0.2) is 69.7 Å². The monoisotopic (exact) mass is 467 g/mol. The summed E-state index contributed by atoms with van der Waals surface area (Å²) in [6, 6.07) is 2.99. The van der Waals surface area contributed by atoms with Crippen LogP contribution < -0.4 is 5.32 Å². The number of hydrogen-bond acceptors (Lipinski definition) is 7. The molecule has 0 spiro atoms. The largest absolute Gasteiger partial charge is 0.391 e. The molecule has 0 saturated carbocycles. The molecule has 1 aromatic heterocycles. The molecular weight excluding hydrogens is 444 g/mol. The van der Waals surface area contributed by atoms with E-state index in [0.717, 1.165) is 0 Å². The Balaban J connectivity index is 1.45. The maximum absolute atomic E-state index is 14.5. The predicted octanol–water partition coefficient (Wildman–Crippen LogP) is 1.77. The third-order valence-electron chi connectivity index (χ3n) is 6.38. The van der Waals surface area contributed by atoms with Crippen LogP contribution in [0.5, 0.6) is 0 Å². The van der Waals surface area contributed by atoms with Crippen molar-refractivity contribution in [2.75, 3.05) is 25.1 Å². The third kappa shape index (κ3) is 4.13. The maximum atomic E-state index is 14.5. The van der Waals surface area contributed by atoms with Crippen molar-refractivity contribution < 1.29 is 23.4 Å². The molecule has 10 heteroatoms. The van der Waals surface area contributed by atoms with Crippen molar-refractivity contribution in [3.05, 3.63) is 52.7 Å². The van der Waals surface area contributed by atoms with E-state index in [-0.39, 0.29) is 31.8 Å². The van der Waals surface area contributed by atoms with Crippen LogP contribution in [0.1, 0.15) is 41.3 Å². The van der Waals surface area contributed by atoms with Gasteiger partial charge in [0, 0.05) is 18.6 Å². The summed E-state index contributed by atoms with van der Waals surface area (Å²) in [5.41, 5.74) is 1.85. The van der Waals surface area contributed by atoms with Gasteiger partial charge in [-0.3, -0.25) is 9.79 Å². The van der Waals surface area contributed by atoms with Crippen molar-refractivity contribution in [2.45, 2.75) is 43.7 Å². The standard InChI is InChI=1S/C24H23F2N5O3/c1-2-13-5-14(7-15(25)6-13)19-8-16(26)10-31(19)24(33)22-21-17(9-27-22)28-12-29-23(21)30-18-11-34-4-3-20(18)32/h1,5-7,12,16,18-20,32H,3-4,8-11H2,(H,28,29,30)/t16-,18+,19+,20+/m0/s1. The van der Waals surface area contributed by atoms with E-state index in [2.05, 4.69) is 26.2 Å². The smallest absolute Gasteiger partial charge is 0.273 e. The number of rotatable bonds is 4. The van der Waals surface area contributed by atoms with Gasteiger partial charge in [-0.2, -0.15) is 0 Å². The third-order valence-corrected chi connectivity index (χ3v) is 6.38. The number of aromatic nitrogens is 2. The van der Waals surface area contributed by atoms with Crippen LogP contribution in [0.15, 0.2) is 29.5 Å². The zero-order valence-corrected chi connectivity index (χ0v) is 18.2. The summed E-state index contributed by atoms with van der Waals surface area (Å²) in [6.07, 6.45) is 5.39. The first-order valence-corrected chi connectivity index (χ1v) is 11.1. The number of terminal acetylenes is 1. The normalized spacial score (nSPS) is 26.1. The quantitative estimate of drug-likeness (QED) is 0.665. The van der Waals surface area contributed by atoms with Gasteiger partial charge < -0.3 is 20.1 Å². The van der Waals surface area contributed by atoms with Crippen molar-refractivity contribution >= 4 is 17.4 Å². The summed E-state index contributed by atoms with van der Waals surface area (Å²) in [6.45, 7) is 0.783. The number of halogens is 2. The van der Waals surface area contributed by atoms with Gasteiger partial charge in [0.1, 0.15) is 29.8 Å². The highest BCUT2D eigenvalue weighted by atomic mass is 19.1. The van der Waals surface area contributed by atoms with Crippen molar-refractivity contribution in [1.82, 2.24) is 14.9 Å². The van der Waals surface area contributed by atoms with Gasteiger partial charge in [-0.05, 0) is 30.2 Å². The van der Waals surface area contributed by atoms with E-state index in [1.807, 2.05) is 0 Å². The highest BCUT2D eigenvalue weighted by Gasteiger charge is 2.41. The molecule has 3 aliphatic heterocycles. The summed E-state index contributed by atoms with van der Waals surface area (Å²) >= 11 is 0. The number of aliphatic imine (C=N–C) groups is 1. The second kappa shape index (κ2) is 9.08. The zero-order valence-electron chi connectivity index (χ0n) is 18.2. The lowest BCUT2D eigenvalue weighted by atomic mass is 10.0. The Hall–Kier alpha value is -3.42. The average Bonchev–Trinajstić information content (AvgIpc) is 3.44.